The summed E-state index contributed by atoms with van der Waals surface area (Å²) in [6.07, 6.45) is 5.52. The molecule has 0 aliphatic heterocycles. The van der Waals surface area contributed by atoms with Crippen molar-refractivity contribution < 1.29 is 14.3 Å². The summed E-state index contributed by atoms with van der Waals surface area (Å²) in [5, 5.41) is 0. The molecular weight excluding hydrogens is 184 g/mol. The lowest BCUT2D eigenvalue weighted by molar-refractivity contribution is -0.145. The summed E-state index contributed by atoms with van der Waals surface area (Å²) < 4.78 is 11.5. The number of imidazole rings is 1. The zero-order valence-corrected chi connectivity index (χ0v) is 8.18. The van der Waals surface area contributed by atoms with Crippen LogP contribution in [0.4, 0.5) is 0 Å². The normalized spacial score (nSPS) is 10.1. The SMILES string of the molecule is COCCOC(=O)CCn1ccnc1. The summed E-state index contributed by atoms with van der Waals surface area (Å²) >= 11 is 0. The standard InChI is InChI=1S/C9H14N2O3/c1-13-6-7-14-9(12)2-4-11-5-3-10-8-11/h3,5,8H,2,4,6-7H2,1H3. The van der Waals surface area contributed by atoms with Gasteiger partial charge < -0.3 is 14.0 Å². The highest BCUT2D eigenvalue weighted by molar-refractivity contribution is 5.69. The summed E-state index contributed by atoms with van der Waals surface area (Å²) in [6, 6.07) is 0. The molecule has 1 rings (SSSR count). The molecule has 0 atom stereocenters. The van der Waals surface area contributed by atoms with Crippen LogP contribution in [0.15, 0.2) is 18.7 Å². The van der Waals surface area contributed by atoms with E-state index < -0.39 is 0 Å². The second-order valence-electron chi connectivity index (χ2n) is 2.76. The average molecular weight is 198 g/mol. The summed E-state index contributed by atoms with van der Waals surface area (Å²) in [7, 11) is 1.57. The second-order valence-corrected chi connectivity index (χ2v) is 2.76. The number of nitrogens with zero attached hydrogens (tertiary/aromatic N) is 2. The number of hydrogen-bond acceptors (Lipinski definition) is 4. The Morgan fingerprint density at radius 3 is 3.00 bits per heavy atom. The average Bonchev–Trinajstić information content (AvgIpc) is 2.68. The minimum absolute atomic E-state index is 0.212. The molecule has 0 radical (unpaired) electrons. The first-order valence-corrected chi connectivity index (χ1v) is 4.43. The maximum atomic E-state index is 11.1. The van der Waals surface area contributed by atoms with Crippen LogP contribution >= 0.6 is 0 Å². The molecular formula is C9H14N2O3. The Bertz CT molecular complexity index is 259. The van der Waals surface area contributed by atoms with Crippen molar-refractivity contribution in [3.63, 3.8) is 0 Å². The topological polar surface area (TPSA) is 53.4 Å². The molecule has 1 heterocycles. The number of esters is 1. The highest BCUT2D eigenvalue weighted by Crippen LogP contribution is 1.93. The molecule has 0 N–H and O–H groups in total. The Morgan fingerprint density at radius 2 is 2.36 bits per heavy atom. The first kappa shape index (κ1) is 10.7. The smallest absolute Gasteiger partial charge is 0.307 e. The molecule has 0 unspecified atom stereocenters. The Labute approximate surface area is 82.6 Å². The van der Waals surface area contributed by atoms with Crippen molar-refractivity contribution in [2.45, 2.75) is 13.0 Å². The van der Waals surface area contributed by atoms with E-state index in [4.69, 9.17) is 9.47 Å². The lowest BCUT2D eigenvalue weighted by atomic mass is 10.4. The molecule has 0 saturated carbocycles. The van der Waals surface area contributed by atoms with E-state index in [2.05, 4.69) is 4.98 Å². The Hall–Kier alpha value is -1.36. The predicted octanol–water partition coefficient (Wildman–Crippen LogP) is 0.463. The van der Waals surface area contributed by atoms with Gasteiger partial charge in [0.2, 0.25) is 0 Å². The van der Waals surface area contributed by atoms with Crippen LogP contribution in [0.25, 0.3) is 0 Å². The van der Waals surface area contributed by atoms with E-state index in [1.165, 1.54) is 0 Å². The van der Waals surface area contributed by atoms with Crippen LogP contribution in [0.5, 0.6) is 0 Å². The fourth-order valence-corrected chi connectivity index (χ4v) is 0.950. The van der Waals surface area contributed by atoms with Gasteiger partial charge in [0.05, 0.1) is 19.4 Å². The van der Waals surface area contributed by atoms with Crippen molar-refractivity contribution in [2.24, 2.45) is 0 Å². The second kappa shape index (κ2) is 6.15. The number of aryl methyl sites for hydroxylation is 1. The third-order valence-electron chi connectivity index (χ3n) is 1.68. The van der Waals surface area contributed by atoms with Crippen LogP contribution in [-0.2, 0) is 20.8 Å². The maximum Gasteiger partial charge on any atom is 0.307 e. The molecule has 0 aliphatic carbocycles. The number of carbonyl (C=O) groups is 1. The van der Waals surface area contributed by atoms with E-state index in [1.54, 1.807) is 19.6 Å². The summed E-state index contributed by atoms with van der Waals surface area (Å²) in [6.45, 7) is 1.36. The molecule has 1 aromatic rings. The molecule has 0 aromatic carbocycles. The Morgan fingerprint density at radius 1 is 1.50 bits per heavy atom. The fourth-order valence-electron chi connectivity index (χ4n) is 0.950. The third-order valence-corrected chi connectivity index (χ3v) is 1.68. The number of methoxy groups -OCH3 is 1. The van der Waals surface area contributed by atoms with Gasteiger partial charge in [-0.2, -0.15) is 0 Å². The van der Waals surface area contributed by atoms with Crippen molar-refractivity contribution in [2.75, 3.05) is 20.3 Å². The van der Waals surface area contributed by atoms with Crippen molar-refractivity contribution in [3.8, 4) is 0 Å². The number of aromatic nitrogens is 2. The minimum Gasteiger partial charge on any atom is -0.463 e. The summed E-state index contributed by atoms with van der Waals surface area (Å²) in [5.74, 6) is -0.212. The van der Waals surface area contributed by atoms with E-state index in [9.17, 15) is 4.79 Å². The van der Waals surface area contributed by atoms with Crippen LogP contribution in [0.2, 0.25) is 0 Å². The molecule has 78 valence electrons. The van der Waals surface area contributed by atoms with Crippen molar-refractivity contribution in [1.82, 2.24) is 9.55 Å². The van der Waals surface area contributed by atoms with Crippen LogP contribution < -0.4 is 0 Å². The van der Waals surface area contributed by atoms with Gasteiger partial charge in [-0.1, -0.05) is 0 Å². The van der Waals surface area contributed by atoms with Gasteiger partial charge >= 0.3 is 5.97 Å². The third kappa shape index (κ3) is 4.04. The van der Waals surface area contributed by atoms with Gasteiger partial charge in [-0.05, 0) is 0 Å². The number of hydrogen-bond donors (Lipinski definition) is 0. The van der Waals surface area contributed by atoms with Gasteiger partial charge in [0.25, 0.3) is 0 Å². The highest BCUT2D eigenvalue weighted by atomic mass is 16.6. The van der Waals surface area contributed by atoms with Gasteiger partial charge in [-0.15, -0.1) is 0 Å². The largest absolute Gasteiger partial charge is 0.463 e. The Balaban J connectivity index is 2.09. The Kier molecular flexibility index (Phi) is 4.71. The molecule has 0 spiro atoms. The van der Waals surface area contributed by atoms with Crippen LogP contribution in [0, 0.1) is 0 Å². The predicted molar refractivity (Wildman–Crippen MR) is 49.7 cm³/mol. The van der Waals surface area contributed by atoms with Gasteiger partial charge in [0, 0.05) is 26.0 Å². The van der Waals surface area contributed by atoms with Gasteiger partial charge in [0.1, 0.15) is 6.61 Å². The molecule has 5 nitrogen and oxygen atoms in total. The van der Waals surface area contributed by atoms with Crippen LogP contribution in [-0.4, -0.2) is 35.8 Å². The molecule has 5 heteroatoms. The summed E-state index contributed by atoms with van der Waals surface area (Å²) in [4.78, 5) is 15.0. The van der Waals surface area contributed by atoms with E-state index in [1.807, 2.05) is 10.8 Å². The zero-order valence-electron chi connectivity index (χ0n) is 8.18. The van der Waals surface area contributed by atoms with Crippen LogP contribution in [0.3, 0.4) is 0 Å². The van der Waals surface area contributed by atoms with E-state index >= 15 is 0 Å². The number of ether oxygens (including phenoxy) is 2. The lowest BCUT2D eigenvalue weighted by Gasteiger charge is -2.04. The van der Waals surface area contributed by atoms with Gasteiger partial charge in [-0.25, -0.2) is 4.98 Å². The highest BCUT2D eigenvalue weighted by Gasteiger charge is 2.02. The monoisotopic (exact) mass is 198 g/mol. The van der Waals surface area contributed by atoms with Crippen molar-refractivity contribution in [1.29, 1.82) is 0 Å². The fraction of sp³-hybridized carbons (Fsp3) is 0.556. The van der Waals surface area contributed by atoms with Crippen molar-refractivity contribution >= 4 is 5.97 Å². The van der Waals surface area contributed by atoms with Crippen LogP contribution in [0.1, 0.15) is 6.42 Å². The molecule has 0 amide bonds. The maximum absolute atomic E-state index is 11.1. The molecule has 0 fully saturated rings. The molecule has 14 heavy (non-hydrogen) atoms. The van der Waals surface area contributed by atoms with Gasteiger partial charge in [-0.3, -0.25) is 4.79 Å². The molecule has 0 saturated heterocycles. The van der Waals surface area contributed by atoms with E-state index in [0.717, 1.165) is 0 Å². The van der Waals surface area contributed by atoms with Gasteiger partial charge in [0.15, 0.2) is 0 Å². The molecule has 0 bridgehead atoms. The first-order valence-electron chi connectivity index (χ1n) is 4.43. The number of carbonyl (C=O) groups excluding carboxylic acids is 1. The lowest BCUT2D eigenvalue weighted by Crippen LogP contribution is -2.11. The quantitative estimate of drug-likeness (QED) is 0.492. The van der Waals surface area contributed by atoms with E-state index in [-0.39, 0.29) is 5.97 Å². The zero-order chi connectivity index (χ0) is 10.2. The minimum atomic E-state index is -0.212. The first-order chi connectivity index (χ1) is 6.83. The molecule has 0 aliphatic rings. The van der Waals surface area contributed by atoms with Crippen molar-refractivity contribution in [3.05, 3.63) is 18.7 Å². The number of rotatable bonds is 6. The van der Waals surface area contributed by atoms with E-state index in [0.29, 0.717) is 26.2 Å². The molecule has 1 aromatic heterocycles. The summed E-state index contributed by atoms with van der Waals surface area (Å²) in [5.41, 5.74) is 0.